The number of methoxy groups -OCH3 is 1. The van der Waals surface area contributed by atoms with E-state index < -0.39 is 5.97 Å². The molecule has 0 spiro atoms. The normalized spacial score (nSPS) is 9.88. The van der Waals surface area contributed by atoms with E-state index in [-0.39, 0.29) is 17.3 Å². The first-order chi connectivity index (χ1) is 7.56. The van der Waals surface area contributed by atoms with Gasteiger partial charge < -0.3 is 9.84 Å². The zero-order chi connectivity index (χ0) is 12.1. The molecule has 1 aromatic rings. The Morgan fingerprint density at radius 2 is 2.12 bits per heavy atom. The van der Waals surface area contributed by atoms with Crippen molar-refractivity contribution in [2.75, 3.05) is 12.9 Å². The number of carbonyl (C=O) groups is 2. The van der Waals surface area contributed by atoms with Gasteiger partial charge >= 0.3 is 11.9 Å². The van der Waals surface area contributed by atoms with Crippen molar-refractivity contribution in [3.63, 3.8) is 0 Å². The molecule has 16 heavy (non-hydrogen) atoms. The number of thioether (sulfide) groups is 1. The second kappa shape index (κ2) is 5.55. The van der Waals surface area contributed by atoms with Gasteiger partial charge in [-0.3, -0.25) is 4.79 Å². The van der Waals surface area contributed by atoms with Gasteiger partial charge in [0.1, 0.15) is 0 Å². The number of ether oxygens (including phenoxy) is 1. The molecule has 0 amide bonds. The molecule has 1 aromatic carbocycles. The Bertz CT molecular complexity index is 414. The summed E-state index contributed by atoms with van der Waals surface area (Å²) < 4.78 is 4.51. The number of esters is 1. The number of carboxylic acid groups (broad SMARTS) is 1. The van der Waals surface area contributed by atoms with Crippen LogP contribution in [0.1, 0.15) is 15.9 Å². The number of aromatic carboxylic acids is 1. The summed E-state index contributed by atoms with van der Waals surface area (Å²) in [5.41, 5.74) is 0.929. The highest BCUT2D eigenvalue weighted by molar-refractivity contribution is 8.00. The number of carboxylic acids is 1. The van der Waals surface area contributed by atoms with Crippen LogP contribution in [0.2, 0.25) is 0 Å². The van der Waals surface area contributed by atoms with E-state index in [0.717, 1.165) is 4.90 Å². The van der Waals surface area contributed by atoms with E-state index in [1.165, 1.54) is 18.9 Å². The highest BCUT2D eigenvalue weighted by atomic mass is 32.2. The number of carbonyl (C=O) groups excluding carboxylic acids is 1. The molecule has 0 fully saturated rings. The molecule has 4 nitrogen and oxygen atoms in total. The molecule has 0 heterocycles. The summed E-state index contributed by atoms with van der Waals surface area (Å²) in [5.74, 6) is -1.11. The quantitative estimate of drug-likeness (QED) is 0.643. The van der Waals surface area contributed by atoms with Crippen LogP contribution < -0.4 is 0 Å². The first-order valence-corrected chi connectivity index (χ1v) is 5.57. The van der Waals surface area contributed by atoms with Crippen LogP contribution in [0, 0.1) is 6.92 Å². The van der Waals surface area contributed by atoms with Gasteiger partial charge in [-0.15, -0.1) is 11.8 Å². The van der Waals surface area contributed by atoms with Crippen molar-refractivity contribution in [3.8, 4) is 0 Å². The minimum atomic E-state index is -0.960. The van der Waals surface area contributed by atoms with Gasteiger partial charge in [-0.05, 0) is 24.6 Å². The van der Waals surface area contributed by atoms with Gasteiger partial charge in [-0.25, -0.2) is 4.79 Å². The average Bonchev–Trinajstić information content (AvgIpc) is 2.26. The summed E-state index contributed by atoms with van der Waals surface area (Å²) in [7, 11) is 1.32. The highest BCUT2D eigenvalue weighted by Crippen LogP contribution is 2.24. The molecular formula is C11H12O4S. The molecule has 86 valence electrons. The van der Waals surface area contributed by atoms with Crippen molar-refractivity contribution in [1.29, 1.82) is 0 Å². The molecule has 0 saturated heterocycles. The minimum absolute atomic E-state index is 0.181. The van der Waals surface area contributed by atoms with Crippen molar-refractivity contribution in [2.24, 2.45) is 0 Å². The summed E-state index contributed by atoms with van der Waals surface area (Å²) in [5, 5.41) is 8.91. The second-order valence-electron chi connectivity index (χ2n) is 3.10. The van der Waals surface area contributed by atoms with Crippen LogP contribution in [-0.4, -0.2) is 29.9 Å². The SMILES string of the molecule is COC(=O)CSc1cccc(C(=O)O)c1C. The molecule has 0 aromatic heterocycles. The van der Waals surface area contributed by atoms with Crippen LogP contribution in [0.3, 0.4) is 0 Å². The van der Waals surface area contributed by atoms with Crippen LogP contribution in [0.25, 0.3) is 0 Å². The van der Waals surface area contributed by atoms with Crippen LogP contribution >= 0.6 is 11.8 Å². The van der Waals surface area contributed by atoms with E-state index in [1.807, 2.05) is 0 Å². The zero-order valence-electron chi connectivity index (χ0n) is 9.02. The predicted molar refractivity (Wildman–Crippen MR) is 60.9 cm³/mol. The Hall–Kier alpha value is -1.49. The fourth-order valence-electron chi connectivity index (χ4n) is 1.20. The Kier molecular flexibility index (Phi) is 4.37. The van der Waals surface area contributed by atoms with Crippen molar-refractivity contribution >= 4 is 23.7 Å². The number of hydrogen-bond donors (Lipinski definition) is 1. The third kappa shape index (κ3) is 3.00. The maximum absolute atomic E-state index is 11.0. The Morgan fingerprint density at radius 3 is 2.69 bits per heavy atom. The molecule has 0 aliphatic carbocycles. The first kappa shape index (κ1) is 12.6. The third-order valence-corrected chi connectivity index (χ3v) is 3.22. The van der Waals surface area contributed by atoms with E-state index in [2.05, 4.69) is 4.74 Å². The molecule has 0 aliphatic heterocycles. The van der Waals surface area contributed by atoms with Gasteiger partial charge in [0.2, 0.25) is 0 Å². The lowest BCUT2D eigenvalue weighted by molar-refractivity contribution is -0.137. The molecule has 0 radical (unpaired) electrons. The lowest BCUT2D eigenvalue weighted by atomic mass is 10.1. The summed E-state index contributed by atoms with van der Waals surface area (Å²) in [6.07, 6.45) is 0. The summed E-state index contributed by atoms with van der Waals surface area (Å²) in [6.45, 7) is 1.73. The number of hydrogen-bond acceptors (Lipinski definition) is 4. The maximum Gasteiger partial charge on any atom is 0.335 e. The van der Waals surface area contributed by atoms with Crippen molar-refractivity contribution < 1.29 is 19.4 Å². The van der Waals surface area contributed by atoms with Crippen LogP contribution in [-0.2, 0) is 9.53 Å². The monoisotopic (exact) mass is 240 g/mol. The predicted octanol–water partition coefficient (Wildman–Crippen LogP) is 1.96. The zero-order valence-corrected chi connectivity index (χ0v) is 9.84. The fraction of sp³-hybridized carbons (Fsp3) is 0.273. The van der Waals surface area contributed by atoms with Crippen molar-refractivity contribution in [2.45, 2.75) is 11.8 Å². The van der Waals surface area contributed by atoms with Gasteiger partial charge in [0.05, 0.1) is 18.4 Å². The van der Waals surface area contributed by atoms with E-state index >= 15 is 0 Å². The van der Waals surface area contributed by atoms with E-state index in [0.29, 0.717) is 5.56 Å². The van der Waals surface area contributed by atoms with Gasteiger partial charge in [-0.2, -0.15) is 0 Å². The number of rotatable bonds is 4. The number of benzene rings is 1. The Labute approximate surface area is 97.6 Å². The maximum atomic E-state index is 11.0. The molecule has 0 aliphatic rings. The van der Waals surface area contributed by atoms with Crippen LogP contribution in [0.5, 0.6) is 0 Å². The van der Waals surface area contributed by atoms with E-state index in [4.69, 9.17) is 5.11 Å². The topological polar surface area (TPSA) is 63.6 Å². The summed E-state index contributed by atoms with van der Waals surface area (Å²) >= 11 is 1.27. The minimum Gasteiger partial charge on any atom is -0.478 e. The molecule has 0 bridgehead atoms. The third-order valence-electron chi connectivity index (χ3n) is 2.09. The Morgan fingerprint density at radius 1 is 1.44 bits per heavy atom. The molecule has 5 heteroatoms. The fourth-order valence-corrected chi connectivity index (χ4v) is 2.09. The molecule has 0 atom stereocenters. The van der Waals surface area contributed by atoms with Crippen molar-refractivity contribution in [3.05, 3.63) is 29.3 Å². The summed E-state index contributed by atoms with van der Waals surface area (Å²) in [6, 6.07) is 4.99. The molecule has 1 N–H and O–H groups in total. The van der Waals surface area contributed by atoms with Crippen LogP contribution in [0.4, 0.5) is 0 Å². The van der Waals surface area contributed by atoms with E-state index in [1.54, 1.807) is 25.1 Å². The molecule has 0 saturated carbocycles. The molecule has 1 rings (SSSR count). The van der Waals surface area contributed by atoms with Gasteiger partial charge in [0.25, 0.3) is 0 Å². The standard InChI is InChI=1S/C11H12O4S/c1-7-8(11(13)14)4-3-5-9(7)16-6-10(12)15-2/h3-5H,6H2,1-2H3,(H,13,14). The largest absolute Gasteiger partial charge is 0.478 e. The van der Waals surface area contributed by atoms with Gasteiger partial charge in [-0.1, -0.05) is 6.07 Å². The van der Waals surface area contributed by atoms with Crippen molar-refractivity contribution in [1.82, 2.24) is 0 Å². The van der Waals surface area contributed by atoms with E-state index in [9.17, 15) is 9.59 Å². The summed E-state index contributed by atoms with van der Waals surface area (Å²) in [4.78, 5) is 22.6. The molecular weight excluding hydrogens is 228 g/mol. The lowest BCUT2D eigenvalue weighted by Crippen LogP contribution is -2.04. The van der Waals surface area contributed by atoms with Gasteiger partial charge in [0, 0.05) is 4.90 Å². The highest BCUT2D eigenvalue weighted by Gasteiger charge is 2.11. The smallest absolute Gasteiger partial charge is 0.335 e. The lowest BCUT2D eigenvalue weighted by Gasteiger charge is -2.07. The Balaban J connectivity index is 2.85. The van der Waals surface area contributed by atoms with Crippen LogP contribution in [0.15, 0.2) is 23.1 Å². The van der Waals surface area contributed by atoms with Gasteiger partial charge in [0.15, 0.2) is 0 Å². The molecule has 0 unspecified atom stereocenters. The first-order valence-electron chi connectivity index (χ1n) is 4.58. The average molecular weight is 240 g/mol. The second-order valence-corrected chi connectivity index (χ2v) is 4.12.